The van der Waals surface area contributed by atoms with Crippen LogP contribution in [0.1, 0.15) is 52.0 Å². The van der Waals surface area contributed by atoms with Crippen molar-refractivity contribution in [1.29, 1.82) is 0 Å². The minimum atomic E-state index is 0.233. The second kappa shape index (κ2) is 6.19. The first-order chi connectivity index (χ1) is 10.2. The molecule has 1 nitrogen and oxygen atoms in total. The molecule has 1 heterocycles. The molecular formula is C20H26O. The highest BCUT2D eigenvalue weighted by atomic mass is 16.5. The molecule has 1 aliphatic carbocycles. The fraction of sp³-hybridized carbons (Fsp3) is 0.500. The van der Waals surface area contributed by atoms with Crippen molar-refractivity contribution in [2.24, 2.45) is 5.92 Å². The zero-order valence-corrected chi connectivity index (χ0v) is 13.4. The number of hydrogen-bond donors (Lipinski definition) is 0. The van der Waals surface area contributed by atoms with Crippen LogP contribution in [-0.2, 0) is 4.74 Å². The number of ether oxygens (including phenoxy) is 1. The van der Waals surface area contributed by atoms with E-state index in [1.807, 2.05) is 0 Å². The molecule has 0 amide bonds. The van der Waals surface area contributed by atoms with Gasteiger partial charge in [0.05, 0.1) is 12.2 Å². The zero-order valence-electron chi connectivity index (χ0n) is 13.4. The number of rotatable bonds is 2. The molecule has 0 aromatic heterocycles. The molecule has 1 aromatic rings. The standard InChI is InChI=1S/C20H26O/c1-14(2)20-18(13-16-9-5-4-6-10-16)15(3)17-11-7-8-12-19(17)21-20/h4-6,9-10,13-14,19-20H,7-8,11-12H2,1-3H3/b18-13+/t19-,20+/m1/s1. The summed E-state index contributed by atoms with van der Waals surface area (Å²) in [5.74, 6) is 0.512. The topological polar surface area (TPSA) is 9.23 Å². The Morgan fingerprint density at radius 3 is 2.62 bits per heavy atom. The summed E-state index contributed by atoms with van der Waals surface area (Å²) in [6.07, 6.45) is 7.98. The summed E-state index contributed by atoms with van der Waals surface area (Å²) in [7, 11) is 0. The third-order valence-electron chi connectivity index (χ3n) is 4.81. The highest BCUT2D eigenvalue weighted by Gasteiger charge is 2.34. The third kappa shape index (κ3) is 2.98. The van der Waals surface area contributed by atoms with Gasteiger partial charge in [0, 0.05) is 0 Å². The average molecular weight is 282 g/mol. The number of benzene rings is 1. The maximum atomic E-state index is 6.48. The highest BCUT2D eigenvalue weighted by molar-refractivity contribution is 5.61. The molecule has 1 saturated carbocycles. The first kappa shape index (κ1) is 14.6. The van der Waals surface area contributed by atoms with Gasteiger partial charge < -0.3 is 4.74 Å². The summed E-state index contributed by atoms with van der Waals surface area (Å²) >= 11 is 0. The quantitative estimate of drug-likeness (QED) is 0.707. The summed E-state index contributed by atoms with van der Waals surface area (Å²) in [5.41, 5.74) is 5.72. The van der Waals surface area contributed by atoms with E-state index in [0.717, 1.165) is 0 Å². The summed E-state index contributed by atoms with van der Waals surface area (Å²) < 4.78 is 6.48. The maximum absolute atomic E-state index is 6.48. The fourth-order valence-corrected chi connectivity index (χ4v) is 3.64. The van der Waals surface area contributed by atoms with Crippen LogP contribution in [-0.4, -0.2) is 12.2 Å². The Morgan fingerprint density at radius 1 is 1.14 bits per heavy atom. The van der Waals surface area contributed by atoms with E-state index in [1.165, 1.54) is 42.4 Å². The minimum Gasteiger partial charge on any atom is -0.366 e. The van der Waals surface area contributed by atoms with Crippen LogP contribution in [0.3, 0.4) is 0 Å². The summed E-state index contributed by atoms with van der Waals surface area (Å²) in [6.45, 7) is 6.84. The summed E-state index contributed by atoms with van der Waals surface area (Å²) in [4.78, 5) is 0. The summed E-state index contributed by atoms with van der Waals surface area (Å²) in [6, 6.07) is 10.6. The van der Waals surface area contributed by atoms with E-state index in [1.54, 1.807) is 5.57 Å². The second-order valence-corrected chi connectivity index (χ2v) is 6.70. The molecule has 0 bridgehead atoms. The van der Waals surface area contributed by atoms with Crippen LogP contribution in [0.15, 0.2) is 47.1 Å². The fourth-order valence-electron chi connectivity index (χ4n) is 3.64. The van der Waals surface area contributed by atoms with Gasteiger partial charge in [-0.2, -0.15) is 0 Å². The van der Waals surface area contributed by atoms with Crippen LogP contribution >= 0.6 is 0 Å². The normalized spacial score (nSPS) is 28.1. The van der Waals surface area contributed by atoms with Gasteiger partial charge in [-0.25, -0.2) is 0 Å². The van der Waals surface area contributed by atoms with Crippen molar-refractivity contribution < 1.29 is 4.74 Å². The average Bonchev–Trinajstić information content (AvgIpc) is 2.51. The number of fused-ring (bicyclic) bond motifs is 1. The second-order valence-electron chi connectivity index (χ2n) is 6.70. The first-order valence-electron chi connectivity index (χ1n) is 8.29. The molecule has 1 fully saturated rings. The SMILES string of the molecule is CC1=C2CCCC[C@H]2O[C@@H](C(C)C)/C1=C/c1ccccc1. The number of hydrogen-bond acceptors (Lipinski definition) is 1. The van der Waals surface area contributed by atoms with Crippen molar-refractivity contribution in [3.63, 3.8) is 0 Å². The lowest BCUT2D eigenvalue weighted by Crippen LogP contribution is -2.36. The molecule has 0 N–H and O–H groups in total. The third-order valence-corrected chi connectivity index (χ3v) is 4.81. The molecule has 112 valence electrons. The molecule has 0 saturated heterocycles. The van der Waals surface area contributed by atoms with E-state index in [0.29, 0.717) is 12.0 Å². The summed E-state index contributed by atoms with van der Waals surface area (Å²) in [5, 5.41) is 0. The lowest BCUT2D eigenvalue weighted by atomic mass is 9.80. The molecule has 21 heavy (non-hydrogen) atoms. The Kier molecular flexibility index (Phi) is 4.30. The Hall–Kier alpha value is -1.34. The molecule has 1 aromatic carbocycles. The van der Waals surface area contributed by atoms with Crippen LogP contribution in [0.25, 0.3) is 6.08 Å². The Labute approximate surface area is 128 Å². The molecule has 0 spiro atoms. The van der Waals surface area contributed by atoms with Crippen molar-refractivity contribution in [3.8, 4) is 0 Å². The molecule has 3 rings (SSSR count). The van der Waals surface area contributed by atoms with E-state index in [2.05, 4.69) is 57.2 Å². The molecule has 0 radical (unpaired) electrons. The minimum absolute atomic E-state index is 0.233. The van der Waals surface area contributed by atoms with E-state index in [9.17, 15) is 0 Å². The maximum Gasteiger partial charge on any atom is 0.0858 e. The van der Waals surface area contributed by atoms with Gasteiger partial charge in [0.15, 0.2) is 0 Å². The van der Waals surface area contributed by atoms with Crippen LogP contribution in [0, 0.1) is 5.92 Å². The highest BCUT2D eigenvalue weighted by Crippen LogP contribution is 2.40. The van der Waals surface area contributed by atoms with Gasteiger partial charge in [-0.15, -0.1) is 0 Å². The van der Waals surface area contributed by atoms with Crippen LogP contribution in [0.5, 0.6) is 0 Å². The van der Waals surface area contributed by atoms with Crippen molar-refractivity contribution in [1.82, 2.24) is 0 Å². The molecule has 2 aliphatic rings. The molecular weight excluding hydrogens is 256 g/mol. The molecule has 0 unspecified atom stereocenters. The lowest BCUT2D eigenvalue weighted by Gasteiger charge is -2.39. The van der Waals surface area contributed by atoms with Gasteiger partial charge in [-0.3, -0.25) is 0 Å². The van der Waals surface area contributed by atoms with Crippen LogP contribution in [0.4, 0.5) is 0 Å². The Balaban J connectivity index is 2.03. The van der Waals surface area contributed by atoms with Gasteiger partial charge >= 0.3 is 0 Å². The monoisotopic (exact) mass is 282 g/mol. The lowest BCUT2D eigenvalue weighted by molar-refractivity contribution is -0.0147. The van der Waals surface area contributed by atoms with E-state index < -0.39 is 0 Å². The van der Waals surface area contributed by atoms with Gasteiger partial charge in [-0.1, -0.05) is 50.6 Å². The smallest absolute Gasteiger partial charge is 0.0858 e. The first-order valence-corrected chi connectivity index (χ1v) is 8.29. The molecule has 1 heteroatoms. The Bertz CT molecular complexity index is 550. The Morgan fingerprint density at radius 2 is 1.90 bits per heavy atom. The van der Waals surface area contributed by atoms with Gasteiger partial charge in [0.1, 0.15) is 0 Å². The van der Waals surface area contributed by atoms with E-state index in [4.69, 9.17) is 4.74 Å². The van der Waals surface area contributed by atoms with Gasteiger partial charge in [0.25, 0.3) is 0 Å². The zero-order chi connectivity index (χ0) is 14.8. The largest absolute Gasteiger partial charge is 0.366 e. The predicted molar refractivity (Wildman–Crippen MR) is 89.1 cm³/mol. The van der Waals surface area contributed by atoms with Crippen molar-refractivity contribution in [2.75, 3.05) is 0 Å². The van der Waals surface area contributed by atoms with Crippen molar-refractivity contribution in [2.45, 2.75) is 58.7 Å². The molecule has 1 aliphatic heterocycles. The van der Waals surface area contributed by atoms with E-state index in [-0.39, 0.29) is 6.10 Å². The van der Waals surface area contributed by atoms with Gasteiger partial charge in [0.2, 0.25) is 0 Å². The van der Waals surface area contributed by atoms with Gasteiger partial charge in [-0.05, 0) is 60.5 Å². The van der Waals surface area contributed by atoms with E-state index >= 15 is 0 Å². The molecule has 2 atom stereocenters. The predicted octanol–water partition coefficient (Wildman–Crippen LogP) is 5.38. The van der Waals surface area contributed by atoms with Crippen molar-refractivity contribution in [3.05, 3.63) is 52.6 Å². The van der Waals surface area contributed by atoms with Crippen LogP contribution < -0.4 is 0 Å². The van der Waals surface area contributed by atoms with Crippen LogP contribution in [0.2, 0.25) is 0 Å². The van der Waals surface area contributed by atoms with Crippen molar-refractivity contribution >= 4 is 6.08 Å².